The van der Waals surface area contributed by atoms with E-state index in [4.69, 9.17) is 0 Å². The second-order valence-electron chi connectivity index (χ2n) is 5.18. The van der Waals surface area contributed by atoms with Gasteiger partial charge in [0.25, 0.3) is 0 Å². The molecule has 108 valence electrons. The molecule has 2 heterocycles. The van der Waals surface area contributed by atoms with E-state index in [1.165, 1.54) is 5.56 Å². The summed E-state index contributed by atoms with van der Waals surface area (Å²) in [5.41, 5.74) is 2.42. The minimum absolute atomic E-state index is 0.0268. The molecule has 1 saturated heterocycles. The normalized spacial score (nSPS) is 21.8. The van der Waals surface area contributed by atoms with E-state index < -0.39 is 0 Å². The fraction of sp³-hybridized carbons (Fsp3) is 0.294. The molecule has 3 rings (SSSR count). The van der Waals surface area contributed by atoms with Gasteiger partial charge in [-0.15, -0.1) is 11.8 Å². The Morgan fingerprint density at radius 1 is 1.14 bits per heavy atom. The highest BCUT2D eigenvalue weighted by atomic mass is 32.2. The fourth-order valence-corrected chi connectivity index (χ4v) is 3.89. The molecule has 2 unspecified atom stereocenters. The van der Waals surface area contributed by atoms with Crippen molar-refractivity contribution < 1.29 is 4.79 Å². The largest absolute Gasteiger partial charge is 0.325 e. The number of amides is 1. The number of pyridine rings is 1. The Kier molecular flexibility index (Phi) is 4.25. The maximum absolute atomic E-state index is 12.4. The van der Waals surface area contributed by atoms with E-state index in [1.54, 1.807) is 24.2 Å². The van der Waals surface area contributed by atoms with E-state index in [0.717, 1.165) is 18.5 Å². The van der Waals surface area contributed by atoms with Crippen LogP contribution in [0.2, 0.25) is 0 Å². The molecule has 0 bridgehead atoms. The Labute approximate surface area is 129 Å². The van der Waals surface area contributed by atoms with Gasteiger partial charge in [0.1, 0.15) is 5.37 Å². The van der Waals surface area contributed by atoms with Gasteiger partial charge in [0.15, 0.2) is 0 Å². The molecule has 0 N–H and O–H groups in total. The molecular weight excluding hydrogens is 280 g/mol. The summed E-state index contributed by atoms with van der Waals surface area (Å²) in [5, 5.41) is 0.137. The number of carbonyl (C=O) groups excluding carboxylic acids is 1. The number of hydrogen-bond acceptors (Lipinski definition) is 3. The van der Waals surface area contributed by atoms with Crippen molar-refractivity contribution in [2.24, 2.45) is 0 Å². The molecule has 1 aromatic carbocycles. The molecule has 1 amide bonds. The molecule has 0 aliphatic carbocycles. The fourth-order valence-electron chi connectivity index (χ4n) is 2.58. The summed E-state index contributed by atoms with van der Waals surface area (Å²) in [5.74, 6) is 0.234. The smallest absolute Gasteiger partial charge is 0.236 e. The summed E-state index contributed by atoms with van der Waals surface area (Å²) in [6.07, 6.45) is 4.47. The van der Waals surface area contributed by atoms with Gasteiger partial charge in [-0.3, -0.25) is 9.78 Å². The Morgan fingerprint density at radius 2 is 1.86 bits per heavy atom. The van der Waals surface area contributed by atoms with Gasteiger partial charge in [0.05, 0.1) is 5.25 Å². The first-order chi connectivity index (χ1) is 10.3. The summed E-state index contributed by atoms with van der Waals surface area (Å²) in [4.78, 5) is 18.5. The van der Waals surface area contributed by atoms with Gasteiger partial charge in [-0.05, 0) is 36.6 Å². The van der Waals surface area contributed by atoms with Crippen LogP contribution >= 0.6 is 11.8 Å². The predicted octanol–water partition coefficient (Wildman–Crippen LogP) is 3.29. The lowest BCUT2D eigenvalue weighted by molar-refractivity contribution is -0.129. The van der Waals surface area contributed by atoms with Gasteiger partial charge >= 0.3 is 0 Å². The minimum Gasteiger partial charge on any atom is -0.325 e. The van der Waals surface area contributed by atoms with Crippen LogP contribution < -0.4 is 0 Å². The molecule has 0 spiro atoms. The molecule has 0 radical (unpaired) electrons. The van der Waals surface area contributed by atoms with Crippen molar-refractivity contribution in [2.45, 2.75) is 24.0 Å². The molecule has 3 nitrogen and oxygen atoms in total. The summed E-state index contributed by atoms with van der Waals surface area (Å²) in [7, 11) is 0. The third-order valence-electron chi connectivity index (χ3n) is 3.72. The number of benzene rings is 1. The number of carbonyl (C=O) groups is 1. The molecule has 4 heteroatoms. The summed E-state index contributed by atoms with van der Waals surface area (Å²) in [6.45, 7) is 2.75. The van der Waals surface area contributed by atoms with Crippen LogP contribution in [-0.4, -0.2) is 27.6 Å². The van der Waals surface area contributed by atoms with Crippen molar-refractivity contribution in [3.8, 4) is 0 Å². The summed E-state index contributed by atoms with van der Waals surface area (Å²) in [6, 6.07) is 14.3. The van der Waals surface area contributed by atoms with Gasteiger partial charge in [0.2, 0.25) is 5.91 Å². The summed E-state index contributed by atoms with van der Waals surface area (Å²) >= 11 is 1.72. The highest BCUT2D eigenvalue weighted by Gasteiger charge is 2.37. The van der Waals surface area contributed by atoms with Gasteiger partial charge < -0.3 is 4.90 Å². The number of rotatable bonds is 4. The van der Waals surface area contributed by atoms with E-state index in [0.29, 0.717) is 0 Å². The second kappa shape index (κ2) is 6.31. The van der Waals surface area contributed by atoms with Crippen LogP contribution in [-0.2, 0) is 11.2 Å². The van der Waals surface area contributed by atoms with Crippen LogP contribution in [0.5, 0.6) is 0 Å². The molecule has 0 saturated carbocycles. The average molecular weight is 298 g/mol. The third-order valence-corrected chi connectivity index (χ3v) is 5.12. The van der Waals surface area contributed by atoms with Crippen LogP contribution in [0.25, 0.3) is 0 Å². The number of aromatic nitrogens is 1. The number of thioether (sulfide) groups is 1. The van der Waals surface area contributed by atoms with Crippen LogP contribution in [0.15, 0.2) is 54.9 Å². The molecule has 1 fully saturated rings. The Hall–Kier alpha value is -1.81. The zero-order valence-corrected chi connectivity index (χ0v) is 12.8. The van der Waals surface area contributed by atoms with Crippen molar-refractivity contribution in [2.75, 3.05) is 6.54 Å². The van der Waals surface area contributed by atoms with Crippen LogP contribution in [0.1, 0.15) is 23.4 Å². The zero-order valence-electron chi connectivity index (χ0n) is 12.0. The SMILES string of the molecule is CC1SC(c2ccncc2)N(CCc2ccccc2)C1=O. The Morgan fingerprint density at radius 3 is 2.57 bits per heavy atom. The molecule has 2 atom stereocenters. The van der Waals surface area contributed by atoms with Gasteiger partial charge in [-0.1, -0.05) is 30.3 Å². The lowest BCUT2D eigenvalue weighted by Crippen LogP contribution is -2.32. The van der Waals surface area contributed by atoms with Crippen LogP contribution in [0, 0.1) is 0 Å². The quantitative estimate of drug-likeness (QED) is 0.868. The monoisotopic (exact) mass is 298 g/mol. The number of hydrogen-bond donors (Lipinski definition) is 0. The predicted molar refractivity (Wildman–Crippen MR) is 85.9 cm³/mol. The molecule has 2 aromatic rings. The lowest BCUT2D eigenvalue weighted by Gasteiger charge is -2.24. The highest BCUT2D eigenvalue weighted by Crippen LogP contribution is 2.42. The average Bonchev–Trinajstić information content (AvgIpc) is 2.82. The molecule has 1 aliphatic heterocycles. The van der Waals surface area contributed by atoms with E-state index in [-0.39, 0.29) is 16.5 Å². The highest BCUT2D eigenvalue weighted by molar-refractivity contribution is 8.01. The van der Waals surface area contributed by atoms with E-state index in [1.807, 2.05) is 42.2 Å². The first-order valence-electron chi connectivity index (χ1n) is 7.15. The van der Waals surface area contributed by atoms with E-state index >= 15 is 0 Å². The molecule has 1 aromatic heterocycles. The molecule has 1 aliphatic rings. The van der Waals surface area contributed by atoms with E-state index in [9.17, 15) is 4.79 Å². The summed E-state index contributed by atoms with van der Waals surface area (Å²) < 4.78 is 0. The maximum atomic E-state index is 12.4. The first-order valence-corrected chi connectivity index (χ1v) is 8.10. The van der Waals surface area contributed by atoms with Crippen molar-refractivity contribution >= 4 is 17.7 Å². The van der Waals surface area contributed by atoms with Gasteiger partial charge in [0, 0.05) is 18.9 Å². The first kappa shape index (κ1) is 14.1. The van der Waals surface area contributed by atoms with Gasteiger partial charge in [-0.2, -0.15) is 0 Å². The lowest BCUT2D eigenvalue weighted by atomic mass is 10.1. The Balaban J connectivity index is 1.75. The Bertz CT molecular complexity index is 603. The van der Waals surface area contributed by atoms with Crippen molar-refractivity contribution in [1.82, 2.24) is 9.88 Å². The topological polar surface area (TPSA) is 33.2 Å². The molecular formula is C17H18N2OS. The molecule has 21 heavy (non-hydrogen) atoms. The minimum atomic E-state index is 0.0268. The number of nitrogens with zero attached hydrogens (tertiary/aromatic N) is 2. The van der Waals surface area contributed by atoms with Crippen molar-refractivity contribution in [3.63, 3.8) is 0 Å². The van der Waals surface area contributed by atoms with Crippen LogP contribution in [0.3, 0.4) is 0 Å². The van der Waals surface area contributed by atoms with E-state index in [2.05, 4.69) is 17.1 Å². The second-order valence-corrected chi connectivity index (χ2v) is 6.60. The van der Waals surface area contributed by atoms with Crippen molar-refractivity contribution in [1.29, 1.82) is 0 Å². The van der Waals surface area contributed by atoms with Gasteiger partial charge in [-0.25, -0.2) is 0 Å². The zero-order chi connectivity index (χ0) is 14.7. The van der Waals surface area contributed by atoms with Crippen molar-refractivity contribution in [3.05, 3.63) is 66.0 Å². The maximum Gasteiger partial charge on any atom is 0.236 e. The van der Waals surface area contributed by atoms with Crippen LogP contribution in [0.4, 0.5) is 0 Å². The third kappa shape index (κ3) is 3.10. The standard InChI is InChI=1S/C17H18N2OS/c1-13-16(20)19(12-9-14-5-3-2-4-6-14)17(21-13)15-7-10-18-11-8-15/h2-8,10-11,13,17H,9,12H2,1H3.